The zero-order valence-corrected chi connectivity index (χ0v) is 17.2. The third-order valence-electron chi connectivity index (χ3n) is 5.68. The highest BCUT2D eigenvalue weighted by molar-refractivity contribution is 5.99. The van der Waals surface area contributed by atoms with E-state index in [9.17, 15) is 14.0 Å². The number of urea groups is 1. The summed E-state index contributed by atoms with van der Waals surface area (Å²) in [5, 5.41) is 6.81. The number of carbonyl (C=O) groups is 2. The average Bonchev–Trinajstić information content (AvgIpc) is 2.80. The molecular weight excluding hydrogens is 395 g/mol. The van der Waals surface area contributed by atoms with Crippen molar-refractivity contribution in [3.05, 3.63) is 72.2 Å². The maximum Gasteiger partial charge on any atom is 0.321 e. The van der Waals surface area contributed by atoms with Gasteiger partial charge in [0.2, 0.25) is 5.91 Å². The Balaban J connectivity index is 1.25. The molecule has 2 N–H and O–H groups in total. The first kappa shape index (κ1) is 20.8. The van der Waals surface area contributed by atoms with Crippen LogP contribution in [0.15, 0.2) is 60.8 Å². The van der Waals surface area contributed by atoms with Gasteiger partial charge in [-0.2, -0.15) is 0 Å². The molecule has 0 unspecified atom stereocenters. The van der Waals surface area contributed by atoms with Crippen LogP contribution < -0.4 is 10.6 Å². The highest BCUT2D eigenvalue weighted by atomic mass is 19.1. The van der Waals surface area contributed by atoms with Crippen LogP contribution in [0.5, 0.6) is 0 Å². The number of hydrogen-bond acceptors (Lipinski definition) is 3. The van der Waals surface area contributed by atoms with E-state index in [4.69, 9.17) is 0 Å². The van der Waals surface area contributed by atoms with Crippen molar-refractivity contribution >= 4 is 28.5 Å². The van der Waals surface area contributed by atoms with Gasteiger partial charge in [0.1, 0.15) is 5.82 Å². The Morgan fingerprint density at radius 2 is 1.81 bits per heavy atom. The number of anilines is 1. The second-order valence-electron chi connectivity index (χ2n) is 7.70. The van der Waals surface area contributed by atoms with E-state index in [1.807, 2.05) is 30.3 Å². The maximum absolute atomic E-state index is 13.7. The summed E-state index contributed by atoms with van der Waals surface area (Å²) in [6.45, 7) is 1.42. The van der Waals surface area contributed by atoms with Gasteiger partial charge in [-0.15, -0.1) is 0 Å². The van der Waals surface area contributed by atoms with Crippen LogP contribution in [0.3, 0.4) is 0 Å². The third-order valence-corrected chi connectivity index (χ3v) is 5.68. The number of likely N-dealkylation sites (tertiary alicyclic amines) is 1. The summed E-state index contributed by atoms with van der Waals surface area (Å²) in [6.07, 6.45) is 3.37. The molecule has 1 aliphatic rings. The molecule has 2 heterocycles. The predicted octanol–water partition coefficient (Wildman–Crippen LogP) is 3.98. The van der Waals surface area contributed by atoms with Crippen molar-refractivity contribution in [1.29, 1.82) is 0 Å². The van der Waals surface area contributed by atoms with Crippen molar-refractivity contribution in [2.75, 3.05) is 25.0 Å². The number of piperidine rings is 1. The van der Waals surface area contributed by atoms with Crippen LogP contribution in [0.25, 0.3) is 10.9 Å². The van der Waals surface area contributed by atoms with Gasteiger partial charge in [-0.3, -0.25) is 9.78 Å². The minimum Gasteiger partial charge on any atom is -0.356 e. The number of pyridine rings is 1. The number of carbonyl (C=O) groups excluding carboxylic acids is 2. The Bertz CT molecular complexity index is 1070. The van der Waals surface area contributed by atoms with Crippen LogP contribution in [0.1, 0.15) is 18.4 Å². The summed E-state index contributed by atoms with van der Waals surface area (Å²) >= 11 is 0. The SMILES string of the molecule is O=C(NCCc1ccccc1F)C1CCN(C(=O)Nc2cccc3cccnc23)CC1. The van der Waals surface area contributed by atoms with Gasteiger partial charge in [-0.25, -0.2) is 9.18 Å². The molecule has 1 saturated heterocycles. The molecule has 1 aromatic heterocycles. The Morgan fingerprint density at radius 1 is 1.03 bits per heavy atom. The number of para-hydroxylation sites is 1. The molecule has 1 aliphatic heterocycles. The van der Waals surface area contributed by atoms with Crippen molar-refractivity contribution in [2.45, 2.75) is 19.3 Å². The number of rotatable bonds is 5. The fourth-order valence-corrected chi connectivity index (χ4v) is 3.91. The molecule has 0 radical (unpaired) electrons. The van der Waals surface area contributed by atoms with E-state index in [1.165, 1.54) is 6.07 Å². The number of aromatic nitrogens is 1. The lowest BCUT2D eigenvalue weighted by atomic mass is 9.96. The van der Waals surface area contributed by atoms with Gasteiger partial charge in [0.05, 0.1) is 11.2 Å². The normalized spacial score (nSPS) is 14.4. The monoisotopic (exact) mass is 420 g/mol. The van der Waals surface area contributed by atoms with E-state index < -0.39 is 0 Å². The van der Waals surface area contributed by atoms with Gasteiger partial charge >= 0.3 is 6.03 Å². The van der Waals surface area contributed by atoms with Crippen LogP contribution >= 0.6 is 0 Å². The molecule has 0 atom stereocenters. The standard InChI is InChI=1S/C24H25FN4O2/c25-20-8-2-1-5-17(20)10-14-27-23(30)19-11-15-29(16-12-19)24(31)28-21-9-3-6-18-7-4-13-26-22(18)21/h1-9,13,19H,10-12,14-16H2,(H,27,30)(H,28,31). The minimum absolute atomic E-state index is 0.0327. The van der Waals surface area contributed by atoms with E-state index >= 15 is 0 Å². The third kappa shape index (κ3) is 4.99. The lowest BCUT2D eigenvalue weighted by Crippen LogP contribution is -2.44. The first-order valence-electron chi connectivity index (χ1n) is 10.5. The molecule has 0 saturated carbocycles. The van der Waals surface area contributed by atoms with Crippen LogP contribution in [0.4, 0.5) is 14.9 Å². The topological polar surface area (TPSA) is 74.3 Å². The van der Waals surface area contributed by atoms with E-state index in [0.717, 1.165) is 10.9 Å². The van der Waals surface area contributed by atoms with E-state index in [-0.39, 0.29) is 23.7 Å². The first-order valence-corrected chi connectivity index (χ1v) is 10.5. The summed E-state index contributed by atoms with van der Waals surface area (Å²) in [5.74, 6) is -0.420. The largest absolute Gasteiger partial charge is 0.356 e. The molecule has 31 heavy (non-hydrogen) atoms. The molecule has 160 valence electrons. The number of benzene rings is 2. The molecule has 0 bridgehead atoms. The fourth-order valence-electron chi connectivity index (χ4n) is 3.91. The quantitative estimate of drug-likeness (QED) is 0.656. The van der Waals surface area contributed by atoms with Gasteiger partial charge in [-0.05, 0) is 43.0 Å². The molecule has 2 aromatic carbocycles. The Kier molecular flexibility index (Phi) is 6.40. The molecule has 4 rings (SSSR count). The average molecular weight is 420 g/mol. The zero-order chi connectivity index (χ0) is 21.6. The van der Waals surface area contributed by atoms with Gasteiger partial charge in [0, 0.05) is 37.1 Å². The molecule has 3 amide bonds. The van der Waals surface area contributed by atoms with Crippen molar-refractivity contribution in [3.63, 3.8) is 0 Å². The number of amides is 3. The lowest BCUT2D eigenvalue weighted by Gasteiger charge is -2.31. The maximum atomic E-state index is 13.7. The highest BCUT2D eigenvalue weighted by Gasteiger charge is 2.27. The van der Waals surface area contributed by atoms with E-state index in [0.29, 0.717) is 50.1 Å². The molecule has 1 fully saturated rings. The lowest BCUT2D eigenvalue weighted by molar-refractivity contribution is -0.126. The number of fused-ring (bicyclic) bond motifs is 1. The van der Waals surface area contributed by atoms with Crippen LogP contribution in [0.2, 0.25) is 0 Å². The van der Waals surface area contributed by atoms with E-state index in [2.05, 4.69) is 15.6 Å². The van der Waals surface area contributed by atoms with Crippen molar-refractivity contribution in [2.24, 2.45) is 5.92 Å². The smallest absolute Gasteiger partial charge is 0.321 e. The van der Waals surface area contributed by atoms with Crippen molar-refractivity contribution < 1.29 is 14.0 Å². The van der Waals surface area contributed by atoms with Gasteiger partial charge in [0.25, 0.3) is 0 Å². The van der Waals surface area contributed by atoms with Crippen molar-refractivity contribution in [3.8, 4) is 0 Å². The predicted molar refractivity (Wildman–Crippen MR) is 118 cm³/mol. The Morgan fingerprint density at radius 3 is 2.61 bits per heavy atom. The number of hydrogen-bond donors (Lipinski definition) is 2. The molecular formula is C24H25FN4O2. The summed E-state index contributed by atoms with van der Waals surface area (Å²) in [5.41, 5.74) is 2.02. The van der Waals surface area contributed by atoms with Crippen LogP contribution in [0, 0.1) is 11.7 Å². The molecule has 0 aliphatic carbocycles. The highest BCUT2D eigenvalue weighted by Crippen LogP contribution is 2.23. The van der Waals surface area contributed by atoms with E-state index in [1.54, 1.807) is 29.3 Å². The van der Waals surface area contributed by atoms with Gasteiger partial charge in [0.15, 0.2) is 0 Å². The van der Waals surface area contributed by atoms with Gasteiger partial charge in [-0.1, -0.05) is 36.4 Å². The fraction of sp³-hybridized carbons (Fsp3) is 0.292. The van der Waals surface area contributed by atoms with Crippen LogP contribution in [-0.4, -0.2) is 41.5 Å². The van der Waals surface area contributed by atoms with Crippen LogP contribution in [-0.2, 0) is 11.2 Å². The first-order chi connectivity index (χ1) is 15.1. The molecule has 3 aromatic rings. The summed E-state index contributed by atoms with van der Waals surface area (Å²) in [7, 11) is 0. The molecule has 7 heteroatoms. The second kappa shape index (κ2) is 9.55. The Hall–Kier alpha value is -3.48. The summed E-state index contributed by atoms with van der Waals surface area (Å²) in [4.78, 5) is 31.2. The second-order valence-corrected chi connectivity index (χ2v) is 7.70. The van der Waals surface area contributed by atoms with Gasteiger partial charge < -0.3 is 15.5 Å². The number of nitrogens with zero attached hydrogens (tertiary/aromatic N) is 2. The zero-order valence-electron chi connectivity index (χ0n) is 17.2. The van der Waals surface area contributed by atoms with Crippen molar-refractivity contribution in [1.82, 2.24) is 15.2 Å². The number of nitrogens with one attached hydrogen (secondary N) is 2. The molecule has 0 spiro atoms. The number of halogens is 1. The molecule has 6 nitrogen and oxygen atoms in total. The minimum atomic E-state index is -0.252. The Labute approximate surface area is 180 Å². The summed E-state index contributed by atoms with van der Waals surface area (Å²) in [6, 6.07) is 15.9. The summed E-state index contributed by atoms with van der Waals surface area (Å²) < 4.78 is 13.7.